The summed E-state index contributed by atoms with van der Waals surface area (Å²) in [6.45, 7) is 0. The zero-order valence-corrected chi connectivity index (χ0v) is 10.5. The molecule has 15 heavy (non-hydrogen) atoms. The number of ether oxygens (including phenoxy) is 1. The van der Waals surface area contributed by atoms with E-state index in [1.807, 2.05) is 18.2 Å². The first-order chi connectivity index (χ1) is 7.19. The normalized spacial score (nSPS) is 11.3. The maximum absolute atomic E-state index is 11.3. The lowest BCUT2D eigenvalue weighted by molar-refractivity contribution is -0.135. The minimum Gasteiger partial charge on any atom is -0.466 e. The number of carbonyl (C=O) groups excluding carboxylic acids is 1. The largest absolute Gasteiger partial charge is 0.466 e. The van der Waals surface area contributed by atoms with Crippen molar-refractivity contribution in [3.63, 3.8) is 0 Å². The number of carbonyl (C=O) groups is 1. The van der Waals surface area contributed by atoms with Crippen LogP contribution in [0.5, 0.6) is 0 Å². The maximum Gasteiger partial charge on any atom is 0.334 e. The average molecular weight is 290 g/mol. The topological polar surface area (TPSA) is 26.3 Å². The number of benzene rings is 1. The minimum absolute atomic E-state index is 0.355. The molecule has 0 bridgehead atoms. The Hall–Kier alpha value is -0.800. The summed E-state index contributed by atoms with van der Waals surface area (Å²) in [4.78, 5) is 11.3. The van der Waals surface area contributed by atoms with Crippen molar-refractivity contribution >= 4 is 39.6 Å². The van der Waals surface area contributed by atoms with Crippen LogP contribution in [0.3, 0.4) is 0 Å². The van der Waals surface area contributed by atoms with Gasteiger partial charge in [-0.1, -0.05) is 45.7 Å². The fourth-order valence-electron chi connectivity index (χ4n) is 1.06. The Kier molecular flexibility index (Phi) is 4.85. The molecule has 0 saturated carbocycles. The molecule has 0 aliphatic heterocycles. The Labute approximate surface area is 102 Å². The molecule has 1 rings (SSSR count). The van der Waals surface area contributed by atoms with Crippen LogP contribution >= 0.6 is 27.5 Å². The summed E-state index contributed by atoms with van der Waals surface area (Å²) in [5.41, 5.74) is 1.34. The molecule has 0 unspecified atom stereocenters. The lowest BCUT2D eigenvalue weighted by Gasteiger charge is -2.02. The molecule has 2 nitrogen and oxygen atoms in total. The maximum atomic E-state index is 11.3. The molecule has 1 aromatic rings. The highest BCUT2D eigenvalue weighted by Gasteiger charge is 2.08. The molecular weight excluding hydrogens is 279 g/mol. The van der Waals surface area contributed by atoms with Crippen molar-refractivity contribution in [1.82, 2.24) is 0 Å². The van der Waals surface area contributed by atoms with Gasteiger partial charge in [-0.3, -0.25) is 0 Å². The highest BCUT2D eigenvalue weighted by Crippen LogP contribution is 2.19. The van der Waals surface area contributed by atoms with Crippen molar-refractivity contribution in [1.29, 1.82) is 0 Å². The molecule has 0 fully saturated rings. The van der Waals surface area contributed by atoms with Crippen molar-refractivity contribution in [3.8, 4) is 0 Å². The molecule has 4 heteroatoms. The van der Waals surface area contributed by atoms with Crippen LogP contribution < -0.4 is 0 Å². The van der Waals surface area contributed by atoms with Gasteiger partial charge in [0.2, 0.25) is 0 Å². The fraction of sp³-hybridized carbons (Fsp3) is 0.182. The number of rotatable bonds is 3. The van der Waals surface area contributed by atoms with E-state index in [0.717, 1.165) is 5.56 Å². The lowest BCUT2D eigenvalue weighted by Crippen LogP contribution is -2.05. The SMILES string of the molecule is COC(=O)C(=Cc1ccccc1Cl)CBr. The second-order valence-electron chi connectivity index (χ2n) is 2.82. The standard InChI is InChI=1S/C11H10BrClO2/c1-15-11(14)9(7-12)6-8-4-2-3-5-10(8)13/h2-6H,7H2,1H3. The van der Waals surface area contributed by atoms with Crippen LogP contribution in [-0.4, -0.2) is 18.4 Å². The number of alkyl halides is 1. The van der Waals surface area contributed by atoms with Gasteiger partial charge in [-0.05, 0) is 17.7 Å². The van der Waals surface area contributed by atoms with Gasteiger partial charge in [-0.2, -0.15) is 0 Å². The number of hydrogen-bond acceptors (Lipinski definition) is 2. The van der Waals surface area contributed by atoms with Gasteiger partial charge in [-0.15, -0.1) is 0 Å². The Bertz CT molecular complexity index is 388. The van der Waals surface area contributed by atoms with E-state index in [1.165, 1.54) is 7.11 Å². The van der Waals surface area contributed by atoms with Crippen molar-refractivity contribution < 1.29 is 9.53 Å². The van der Waals surface area contributed by atoms with Crippen LogP contribution in [0.2, 0.25) is 5.02 Å². The van der Waals surface area contributed by atoms with Crippen molar-refractivity contribution in [2.24, 2.45) is 0 Å². The molecule has 0 aliphatic rings. The molecule has 0 amide bonds. The lowest BCUT2D eigenvalue weighted by atomic mass is 10.1. The Morgan fingerprint density at radius 3 is 2.73 bits per heavy atom. The fourth-order valence-corrected chi connectivity index (χ4v) is 1.64. The number of esters is 1. The zero-order chi connectivity index (χ0) is 11.3. The summed E-state index contributed by atoms with van der Waals surface area (Å²) in [6, 6.07) is 7.32. The minimum atomic E-state index is -0.355. The Morgan fingerprint density at radius 1 is 1.53 bits per heavy atom. The molecule has 0 spiro atoms. The predicted molar refractivity (Wildman–Crippen MR) is 65.2 cm³/mol. The molecular formula is C11H10BrClO2. The number of methoxy groups -OCH3 is 1. The van der Waals surface area contributed by atoms with Crippen molar-refractivity contribution in [2.75, 3.05) is 12.4 Å². The molecule has 0 atom stereocenters. The first kappa shape index (κ1) is 12.3. The van der Waals surface area contributed by atoms with Crippen LogP contribution in [0, 0.1) is 0 Å². The van der Waals surface area contributed by atoms with Crippen molar-refractivity contribution in [3.05, 3.63) is 40.4 Å². The van der Waals surface area contributed by atoms with E-state index in [2.05, 4.69) is 20.7 Å². The number of hydrogen-bond donors (Lipinski definition) is 0. The van der Waals surface area contributed by atoms with Crippen molar-refractivity contribution in [2.45, 2.75) is 0 Å². The molecule has 0 saturated heterocycles. The summed E-state index contributed by atoms with van der Waals surface area (Å²) in [6.07, 6.45) is 1.71. The van der Waals surface area contributed by atoms with Gasteiger partial charge in [0, 0.05) is 15.9 Å². The summed E-state index contributed by atoms with van der Waals surface area (Å²) in [5.74, 6) is -0.355. The molecule has 0 heterocycles. The quantitative estimate of drug-likeness (QED) is 0.485. The van der Waals surface area contributed by atoms with E-state index >= 15 is 0 Å². The summed E-state index contributed by atoms with van der Waals surface area (Å²) in [5, 5.41) is 1.05. The third-order valence-corrected chi connectivity index (χ3v) is 2.77. The van der Waals surface area contributed by atoms with E-state index in [4.69, 9.17) is 11.6 Å². The zero-order valence-electron chi connectivity index (χ0n) is 8.17. The second-order valence-corrected chi connectivity index (χ2v) is 3.78. The van der Waals surface area contributed by atoms with Gasteiger partial charge in [0.05, 0.1) is 7.11 Å². The van der Waals surface area contributed by atoms with Crippen LogP contribution in [0.15, 0.2) is 29.8 Å². The molecule has 1 aromatic carbocycles. The second kappa shape index (κ2) is 5.93. The van der Waals surface area contributed by atoms with Gasteiger partial charge in [0.15, 0.2) is 0 Å². The van der Waals surface area contributed by atoms with Crippen LogP contribution in [0.25, 0.3) is 6.08 Å². The first-order valence-electron chi connectivity index (χ1n) is 4.28. The third kappa shape index (κ3) is 3.36. The predicted octanol–water partition coefficient (Wildman–Crippen LogP) is 3.29. The highest BCUT2D eigenvalue weighted by molar-refractivity contribution is 9.09. The van der Waals surface area contributed by atoms with E-state index in [1.54, 1.807) is 12.1 Å². The van der Waals surface area contributed by atoms with Crippen LogP contribution in [0.1, 0.15) is 5.56 Å². The average Bonchev–Trinajstić information content (AvgIpc) is 2.27. The summed E-state index contributed by atoms with van der Waals surface area (Å²) < 4.78 is 4.64. The van der Waals surface area contributed by atoms with Gasteiger partial charge >= 0.3 is 5.97 Å². The first-order valence-corrected chi connectivity index (χ1v) is 5.78. The monoisotopic (exact) mass is 288 g/mol. The molecule has 0 aliphatic carbocycles. The Morgan fingerprint density at radius 2 is 2.20 bits per heavy atom. The summed E-state index contributed by atoms with van der Waals surface area (Å²) >= 11 is 9.19. The van der Waals surface area contributed by atoms with Crippen LogP contribution in [-0.2, 0) is 9.53 Å². The highest BCUT2D eigenvalue weighted by atomic mass is 79.9. The molecule has 80 valence electrons. The molecule has 0 aromatic heterocycles. The van der Waals surface area contributed by atoms with Gasteiger partial charge in [0.25, 0.3) is 0 Å². The van der Waals surface area contributed by atoms with Gasteiger partial charge in [0.1, 0.15) is 0 Å². The summed E-state index contributed by atoms with van der Waals surface area (Å²) in [7, 11) is 1.35. The molecule has 0 N–H and O–H groups in total. The van der Waals surface area contributed by atoms with Crippen LogP contribution in [0.4, 0.5) is 0 Å². The smallest absolute Gasteiger partial charge is 0.334 e. The van der Waals surface area contributed by atoms with E-state index in [0.29, 0.717) is 15.9 Å². The number of halogens is 2. The van der Waals surface area contributed by atoms with E-state index in [9.17, 15) is 4.79 Å². The molecule has 0 radical (unpaired) electrons. The van der Waals surface area contributed by atoms with Gasteiger partial charge in [-0.25, -0.2) is 4.79 Å². The van der Waals surface area contributed by atoms with E-state index < -0.39 is 0 Å². The van der Waals surface area contributed by atoms with Gasteiger partial charge < -0.3 is 4.74 Å². The third-order valence-electron chi connectivity index (χ3n) is 1.83. The van der Waals surface area contributed by atoms with E-state index in [-0.39, 0.29) is 5.97 Å². The Balaban J connectivity index is 3.03.